The molecule has 1 unspecified atom stereocenters. The van der Waals surface area contributed by atoms with Crippen molar-refractivity contribution in [1.82, 2.24) is 4.90 Å². The number of carbonyl (C=O) groups is 1. The molecule has 1 amide bonds. The molecule has 0 aliphatic carbocycles. The third-order valence-electron chi connectivity index (χ3n) is 3.99. The Labute approximate surface area is 138 Å². The number of nitrogens with zero attached hydrogens (tertiary/aromatic N) is 1. The van der Waals surface area contributed by atoms with Gasteiger partial charge in [0.15, 0.2) is 0 Å². The molecule has 6 heteroatoms. The first kappa shape index (κ1) is 18.7. The summed E-state index contributed by atoms with van der Waals surface area (Å²) in [6.45, 7) is 1.93. The lowest BCUT2D eigenvalue weighted by Crippen LogP contribution is -2.47. The summed E-state index contributed by atoms with van der Waals surface area (Å²) in [5.41, 5.74) is 7.16. The molecule has 0 spiro atoms. The summed E-state index contributed by atoms with van der Waals surface area (Å²) in [6.07, 6.45) is 1.72. The van der Waals surface area contributed by atoms with Gasteiger partial charge in [-0.3, -0.25) is 4.79 Å². The van der Waals surface area contributed by atoms with Gasteiger partial charge in [0.1, 0.15) is 5.75 Å². The van der Waals surface area contributed by atoms with E-state index >= 15 is 0 Å². The van der Waals surface area contributed by atoms with Crippen molar-refractivity contribution in [2.45, 2.75) is 25.4 Å². The summed E-state index contributed by atoms with van der Waals surface area (Å²) < 4.78 is 10.5. The van der Waals surface area contributed by atoms with Crippen LogP contribution >= 0.6 is 12.4 Å². The van der Waals surface area contributed by atoms with Crippen molar-refractivity contribution in [2.24, 2.45) is 11.7 Å². The van der Waals surface area contributed by atoms with Crippen LogP contribution in [0.2, 0.25) is 0 Å². The molecule has 124 valence electrons. The van der Waals surface area contributed by atoms with Crippen LogP contribution in [-0.2, 0) is 16.1 Å². The number of likely N-dealkylation sites (N-methyl/N-ethyl adjacent to an activating group) is 1. The Morgan fingerprint density at radius 1 is 1.45 bits per heavy atom. The summed E-state index contributed by atoms with van der Waals surface area (Å²) in [5.74, 6) is 1.01. The summed E-state index contributed by atoms with van der Waals surface area (Å²) in [7, 11) is 3.43. The number of benzene rings is 1. The smallest absolute Gasteiger partial charge is 0.239 e. The largest absolute Gasteiger partial charge is 0.497 e. The zero-order valence-corrected chi connectivity index (χ0v) is 14.0. The third-order valence-corrected chi connectivity index (χ3v) is 3.99. The maximum atomic E-state index is 12.4. The lowest BCUT2D eigenvalue weighted by molar-refractivity contribution is -0.133. The van der Waals surface area contributed by atoms with Crippen LogP contribution in [0.15, 0.2) is 24.3 Å². The predicted octanol–water partition coefficient (Wildman–Crippen LogP) is 1.83. The number of hydrogen-bond acceptors (Lipinski definition) is 4. The molecular formula is C16H25ClN2O3. The van der Waals surface area contributed by atoms with E-state index in [2.05, 4.69) is 0 Å². The van der Waals surface area contributed by atoms with Crippen LogP contribution in [0.5, 0.6) is 5.75 Å². The van der Waals surface area contributed by atoms with Gasteiger partial charge < -0.3 is 20.1 Å². The lowest BCUT2D eigenvalue weighted by Gasteiger charge is -2.29. The number of amides is 1. The van der Waals surface area contributed by atoms with Crippen molar-refractivity contribution in [3.63, 3.8) is 0 Å². The van der Waals surface area contributed by atoms with E-state index in [4.69, 9.17) is 15.2 Å². The molecule has 5 nitrogen and oxygen atoms in total. The van der Waals surface area contributed by atoms with Gasteiger partial charge in [-0.1, -0.05) is 12.1 Å². The van der Waals surface area contributed by atoms with Gasteiger partial charge in [-0.2, -0.15) is 0 Å². The molecule has 0 saturated carbocycles. The fourth-order valence-corrected chi connectivity index (χ4v) is 2.65. The van der Waals surface area contributed by atoms with Gasteiger partial charge in [-0.05, 0) is 36.5 Å². The molecule has 2 rings (SSSR count). The summed E-state index contributed by atoms with van der Waals surface area (Å²) in [4.78, 5) is 14.1. The van der Waals surface area contributed by atoms with Crippen molar-refractivity contribution >= 4 is 18.3 Å². The molecule has 22 heavy (non-hydrogen) atoms. The standard InChI is InChI=1S/C16H24N2O3.ClH/c1-18(11-12-4-3-5-14(10-12)20-2)16(19)15(17)13-6-8-21-9-7-13;/h3-5,10,13,15H,6-9,11,17H2,1-2H3;1H. The molecule has 1 aromatic carbocycles. The van der Waals surface area contributed by atoms with E-state index in [9.17, 15) is 4.79 Å². The minimum atomic E-state index is -0.440. The second kappa shape index (κ2) is 8.98. The summed E-state index contributed by atoms with van der Waals surface area (Å²) in [6, 6.07) is 7.28. The van der Waals surface area contributed by atoms with Gasteiger partial charge in [0.25, 0.3) is 0 Å². The Morgan fingerprint density at radius 3 is 2.77 bits per heavy atom. The molecule has 1 saturated heterocycles. The Bertz CT molecular complexity index is 478. The van der Waals surface area contributed by atoms with Crippen LogP contribution in [0.1, 0.15) is 18.4 Å². The number of carbonyl (C=O) groups excluding carboxylic acids is 1. The van der Waals surface area contributed by atoms with Crippen LogP contribution < -0.4 is 10.5 Å². The molecule has 0 radical (unpaired) electrons. The number of ether oxygens (including phenoxy) is 2. The van der Waals surface area contributed by atoms with E-state index in [1.54, 1.807) is 19.1 Å². The Balaban J connectivity index is 0.00000242. The molecule has 0 aromatic heterocycles. The van der Waals surface area contributed by atoms with Crippen molar-refractivity contribution in [3.05, 3.63) is 29.8 Å². The van der Waals surface area contributed by atoms with E-state index in [0.717, 1.165) is 24.2 Å². The average Bonchev–Trinajstić information content (AvgIpc) is 2.54. The van der Waals surface area contributed by atoms with Crippen molar-refractivity contribution < 1.29 is 14.3 Å². The van der Waals surface area contributed by atoms with E-state index in [0.29, 0.717) is 19.8 Å². The van der Waals surface area contributed by atoms with Gasteiger partial charge in [0.05, 0.1) is 13.2 Å². The van der Waals surface area contributed by atoms with Crippen molar-refractivity contribution in [3.8, 4) is 5.75 Å². The second-order valence-corrected chi connectivity index (χ2v) is 5.52. The van der Waals surface area contributed by atoms with E-state index in [1.165, 1.54) is 0 Å². The van der Waals surface area contributed by atoms with E-state index in [-0.39, 0.29) is 24.2 Å². The molecule has 0 bridgehead atoms. The number of nitrogens with two attached hydrogens (primary N) is 1. The van der Waals surface area contributed by atoms with Gasteiger partial charge in [-0.15, -0.1) is 12.4 Å². The predicted molar refractivity (Wildman–Crippen MR) is 88.2 cm³/mol. The minimum Gasteiger partial charge on any atom is -0.497 e. The quantitative estimate of drug-likeness (QED) is 0.895. The van der Waals surface area contributed by atoms with Gasteiger partial charge in [0.2, 0.25) is 5.91 Å². The van der Waals surface area contributed by atoms with Gasteiger partial charge >= 0.3 is 0 Å². The number of halogens is 1. The van der Waals surface area contributed by atoms with E-state index in [1.807, 2.05) is 24.3 Å². The van der Waals surface area contributed by atoms with Crippen LogP contribution in [0, 0.1) is 5.92 Å². The minimum absolute atomic E-state index is 0. The van der Waals surface area contributed by atoms with Crippen LogP contribution in [0.4, 0.5) is 0 Å². The summed E-state index contributed by atoms with van der Waals surface area (Å²) >= 11 is 0. The molecule has 1 aliphatic heterocycles. The first-order valence-corrected chi connectivity index (χ1v) is 7.33. The van der Waals surface area contributed by atoms with E-state index < -0.39 is 6.04 Å². The number of rotatable bonds is 5. The molecule has 1 heterocycles. The zero-order valence-electron chi connectivity index (χ0n) is 13.2. The first-order valence-electron chi connectivity index (χ1n) is 7.33. The van der Waals surface area contributed by atoms with Crippen molar-refractivity contribution in [1.29, 1.82) is 0 Å². The Kier molecular flexibility index (Phi) is 7.65. The van der Waals surface area contributed by atoms with Crippen LogP contribution in [0.25, 0.3) is 0 Å². The fraction of sp³-hybridized carbons (Fsp3) is 0.562. The Hall–Kier alpha value is -1.30. The summed E-state index contributed by atoms with van der Waals surface area (Å²) in [5, 5.41) is 0. The molecule has 1 atom stereocenters. The first-order chi connectivity index (χ1) is 10.1. The Morgan fingerprint density at radius 2 is 2.14 bits per heavy atom. The normalized spacial score (nSPS) is 16.5. The number of methoxy groups -OCH3 is 1. The topological polar surface area (TPSA) is 64.8 Å². The molecule has 1 aromatic rings. The zero-order chi connectivity index (χ0) is 15.2. The highest BCUT2D eigenvalue weighted by Crippen LogP contribution is 2.20. The fourth-order valence-electron chi connectivity index (χ4n) is 2.65. The molecule has 1 aliphatic rings. The second-order valence-electron chi connectivity index (χ2n) is 5.52. The molecule has 2 N–H and O–H groups in total. The monoisotopic (exact) mass is 328 g/mol. The highest BCUT2D eigenvalue weighted by Gasteiger charge is 2.28. The van der Waals surface area contributed by atoms with Gasteiger partial charge in [-0.25, -0.2) is 0 Å². The SMILES string of the molecule is COc1cccc(CN(C)C(=O)C(N)C2CCOCC2)c1.Cl. The third kappa shape index (κ3) is 4.87. The van der Waals surface area contributed by atoms with Crippen molar-refractivity contribution in [2.75, 3.05) is 27.4 Å². The van der Waals surface area contributed by atoms with Crippen LogP contribution in [0.3, 0.4) is 0 Å². The highest BCUT2D eigenvalue weighted by atomic mass is 35.5. The lowest BCUT2D eigenvalue weighted by atomic mass is 9.91. The average molecular weight is 329 g/mol. The highest BCUT2D eigenvalue weighted by molar-refractivity contribution is 5.85. The van der Waals surface area contributed by atoms with Crippen LogP contribution in [-0.4, -0.2) is 44.2 Å². The maximum Gasteiger partial charge on any atom is 0.239 e. The van der Waals surface area contributed by atoms with Gasteiger partial charge in [0, 0.05) is 26.8 Å². The molecule has 1 fully saturated rings. The number of hydrogen-bond donors (Lipinski definition) is 1. The maximum absolute atomic E-state index is 12.4. The molecular weight excluding hydrogens is 304 g/mol.